The Balaban J connectivity index is 1.33. The molecular formula is C27H28ClN3O. The van der Waals surface area contributed by atoms with Crippen molar-refractivity contribution in [2.75, 3.05) is 6.54 Å². The molecule has 0 saturated heterocycles. The Morgan fingerprint density at radius 3 is 2.62 bits per heavy atom. The molecule has 0 aliphatic carbocycles. The molecule has 32 heavy (non-hydrogen) atoms. The number of nitrogens with one attached hydrogen (secondary N) is 1. The monoisotopic (exact) mass is 445 g/mol. The van der Waals surface area contributed by atoms with E-state index in [1.165, 1.54) is 16.6 Å². The lowest BCUT2D eigenvalue weighted by Crippen LogP contribution is -2.24. The molecule has 5 heteroatoms. The summed E-state index contributed by atoms with van der Waals surface area (Å²) in [5, 5.41) is 3.55. The van der Waals surface area contributed by atoms with Gasteiger partial charge < -0.3 is 9.88 Å². The third kappa shape index (κ3) is 5.38. The topological polar surface area (TPSA) is 46.9 Å². The molecule has 0 spiro atoms. The van der Waals surface area contributed by atoms with E-state index >= 15 is 0 Å². The number of nitrogens with zero attached hydrogens (tertiary/aromatic N) is 2. The number of carbonyl (C=O) groups excluding carboxylic acids is 1. The van der Waals surface area contributed by atoms with E-state index in [1.807, 2.05) is 6.07 Å². The Kier molecular flexibility index (Phi) is 7.23. The van der Waals surface area contributed by atoms with E-state index in [-0.39, 0.29) is 5.91 Å². The zero-order valence-corrected chi connectivity index (χ0v) is 19.1. The molecule has 0 saturated carbocycles. The van der Waals surface area contributed by atoms with Crippen molar-refractivity contribution < 1.29 is 4.79 Å². The molecule has 3 aromatic carbocycles. The number of halogens is 1. The number of aromatic nitrogens is 2. The van der Waals surface area contributed by atoms with Gasteiger partial charge in [0, 0.05) is 30.1 Å². The fourth-order valence-electron chi connectivity index (χ4n) is 3.97. The zero-order chi connectivity index (χ0) is 22.3. The number of imidazole rings is 1. The second kappa shape index (κ2) is 10.5. The first-order chi connectivity index (χ1) is 15.6. The van der Waals surface area contributed by atoms with Crippen molar-refractivity contribution >= 4 is 28.5 Å². The quantitative estimate of drug-likeness (QED) is 0.312. The number of hydrogen-bond acceptors (Lipinski definition) is 2. The minimum atomic E-state index is -0.0764. The van der Waals surface area contributed by atoms with Gasteiger partial charge in [0.15, 0.2) is 0 Å². The predicted octanol–water partition coefficient (Wildman–Crippen LogP) is 6.19. The van der Waals surface area contributed by atoms with Crippen molar-refractivity contribution in [3.05, 3.63) is 100 Å². The Morgan fingerprint density at radius 2 is 1.78 bits per heavy atom. The van der Waals surface area contributed by atoms with Crippen LogP contribution in [0.2, 0.25) is 5.02 Å². The summed E-state index contributed by atoms with van der Waals surface area (Å²) in [5.41, 5.74) is 5.44. The molecule has 0 aliphatic heterocycles. The van der Waals surface area contributed by atoms with Gasteiger partial charge in [0.25, 0.3) is 5.91 Å². The summed E-state index contributed by atoms with van der Waals surface area (Å²) < 4.78 is 2.35. The maximum absolute atomic E-state index is 12.2. The van der Waals surface area contributed by atoms with Crippen LogP contribution in [0.3, 0.4) is 0 Å². The summed E-state index contributed by atoms with van der Waals surface area (Å²) in [4.78, 5) is 17.1. The number of para-hydroxylation sites is 2. The van der Waals surface area contributed by atoms with Crippen LogP contribution in [0.5, 0.6) is 0 Å². The van der Waals surface area contributed by atoms with E-state index in [0.29, 0.717) is 17.1 Å². The van der Waals surface area contributed by atoms with Crippen LogP contribution in [0.15, 0.2) is 72.8 Å². The van der Waals surface area contributed by atoms with E-state index in [9.17, 15) is 4.79 Å². The average Bonchev–Trinajstić information content (AvgIpc) is 3.14. The van der Waals surface area contributed by atoms with Crippen LogP contribution in [0, 0.1) is 6.92 Å². The Hall–Kier alpha value is -3.11. The molecule has 0 radical (unpaired) electrons. The fraction of sp³-hybridized carbons (Fsp3) is 0.259. The molecule has 0 atom stereocenters. The van der Waals surface area contributed by atoms with Crippen LogP contribution >= 0.6 is 11.6 Å². The molecule has 1 N–H and O–H groups in total. The standard InChI is InChI=1S/C27H28ClN3O/c1-20-10-4-5-11-22(20)19-31-25-15-7-6-14-24(25)30-26(31)16-3-2-8-17-29-27(32)21-12-9-13-23(28)18-21/h4-7,9-15,18H,2-3,8,16-17,19H2,1H3,(H,29,32). The molecule has 4 nitrogen and oxygen atoms in total. The summed E-state index contributed by atoms with van der Waals surface area (Å²) in [6.07, 6.45) is 3.92. The molecule has 1 heterocycles. The van der Waals surface area contributed by atoms with Crippen LogP contribution < -0.4 is 5.32 Å². The lowest BCUT2D eigenvalue weighted by molar-refractivity contribution is 0.0953. The summed E-state index contributed by atoms with van der Waals surface area (Å²) >= 11 is 5.96. The normalized spacial score (nSPS) is 11.1. The highest BCUT2D eigenvalue weighted by molar-refractivity contribution is 6.30. The minimum absolute atomic E-state index is 0.0764. The zero-order valence-electron chi connectivity index (χ0n) is 18.4. The lowest BCUT2D eigenvalue weighted by Gasteiger charge is -2.12. The number of hydrogen-bond donors (Lipinski definition) is 1. The van der Waals surface area contributed by atoms with Crippen molar-refractivity contribution in [3.63, 3.8) is 0 Å². The minimum Gasteiger partial charge on any atom is -0.352 e. The highest BCUT2D eigenvalue weighted by Gasteiger charge is 2.12. The van der Waals surface area contributed by atoms with Gasteiger partial charge in [-0.1, -0.05) is 60.5 Å². The smallest absolute Gasteiger partial charge is 0.251 e. The molecule has 0 unspecified atom stereocenters. The summed E-state index contributed by atoms with van der Waals surface area (Å²) in [6.45, 7) is 3.65. The predicted molar refractivity (Wildman–Crippen MR) is 131 cm³/mol. The molecule has 0 aliphatic rings. The Labute approximate surface area is 194 Å². The van der Waals surface area contributed by atoms with Crippen molar-refractivity contribution in [2.45, 2.75) is 39.2 Å². The molecule has 1 aromatic heterocycles. The van der Waals surface area contributed by atoms with E-state index in [0.717, 1.165) is 43.6 Å². The second-order valence-electron chi connectivity index (χ2n) is 8.11. The number of carbonyl (C=O) groups is 1. The van der Waals surface area contributed by atoms with Crippen molar-refractivity contribution in [2.24, 2.45) is 0 Å². The molecule has 4 rings (SSSR count). The van der Waals surface area contributed by atoms with Crippen LogP contribution in [0.25, 0.3) is 11.0 Å². The number of unbranched alkanes of at least 4 members (excludes halogenated alkanes) is 2. The first-order valence-corrected chi connectivity index (χ1v) is 11.5. The highest BCUT2D eigenvalue weighted by atomic mass is 35.5. The largest absolute Gasteiger partial charge is 0.352 e. The highest BCUT2D eigenvalue weighted by Crippen LogP contribution is 2.21. The first-order valence-electron chi connectivity index (χ1n) is 11.1. The van der Waals surface area contributed by atoms with Crippen molar-refractivity contribution in [1.29, 1.82) is 0 Å². The maximum atomic E-state index is 12.2. The number of amides is 1. The molecule has 0 fully saturated rings. The van der Waals surface area contributed by atoms with Gasteiger partial charge in [-0.25, -0.2) is 4.98 Å². The van der Waals surface area contributed by atoms with Crippen molar-refractivity contribution in [1.82, 2.24) is 14.9 Å². The summed E-state index contributed by atoms with van der Waals surface area (Å²) in [7, 11) is 0. The summed E-state index contributed by atoms with van der Waals surface area (Å²) in [6, 6.07) is 23.9. The van der Waals surface area contributed by atoms with E-state index in [2.05, 4.69) is 59.3 Å². The third-order valence-electron chi connectivity index (χ3n) is 5.77. The van der Waals surface area contributed by atoms with Crippen LogP contribution in [-0.2, 0) is 13.0 Å². The molecular weight excluding hydrogens is 418 g/mol. The third-order valence-corrected chi connectivity index (χ3v) is 6.01. The van der Waals surface area contributed by atoms with Gasteiger partial charge >= 0.3 is 0 Å². The van der Waals surface area contributed by atoms with Crippen LogP contribution in [-0.4, -0.2) is 22.0 Å². The molecule has 164 valence electrons. The van der Waals surface area contributed by atoms with E-state index in [4.69, 9.17) is 16.6 Å². The molecule has 1 amide bonds. The van der Waals surface area contributed by atoms with Crippen molar-refractivity contribution in [3.8, 4) is 0 Å². The number of rotatable bonds is 9. The SMILES string of the molecule is Cc1ccccc1Cn1c(CCCCCNC(=O)c2cccc(Cl)c2)nc2ccccc21. The molecule has 4 aromatic rings. The number of benzene rings is 3. The Bertz CT molecular complexity index is 1210. The van der Waals surface area contributed by atoms with E-state index < -0.39 is 0 Å². The van der Waals surface area contributed by atoms with Gasteiger partial charge in [0.2, 0.25) is 0 Å². The van der Waals surface area contributed by atoms with Gasteiger partial charge in [-0.3, -0.25) is 4.79 Å². The van der Waals surface area contributed by atoms with Gasteiger partial charge in [-0.05, 0) is 61.2 Å². The maximum Gasteiger partial charge on any atom is 0.251 e. The lowest BCUT2D eigenvalue weighted by atomic mass is 10.1. The summed E-state index contributed by atoms with van der Waals surface area (Å²) in [5.74, 6) is 1.05. The van der Waals surface area contributed by atoms with Crippen LogP contribution in [0.1, 0.15) is 46.6 Å². The van der Waals surface area contributed by atoms with Gasteiger partial charge in [0.05, 0.1) is 11.0 Å². The second-order valence-corrected chi connectivity index (χ2v) is 8.54. The van der Waals surface area contributed by atoms with E-state index in [1.54, 1.807) is 24.3 Å². The first kappa shape index (κ1) is 22.1. The van der Waals surface area contributed by atoms with Gasteiger partial charge in [-0.15, -0.1) is 0 Å². The number of fused-ring (bicyclic) bond motifs is 1. The van der Waals surface area contributed by atoms with Gasteiger partial charge in [-0.2, -0.15) is 0 Å². The number of aryl methyl sites for hydroxylation is 2. The Morgan fingerprint density at radius 1 is 0.969 bits per heavy atom. The van der Waals surface area contributed by atoms with Gasteiger partial charge in [0.1, 0.15) is 5.82 Å². The fourth-order valence-corrected chi connectivity index (χ4v) is 4.16. The molecule has 0 bridgehead atoms. The van der Waals surface area contributed by atoms with Crippen LogP contribution in [0.4, 0.5) is 0 Å². The average molecular weight is 446 g/mol.